The van der Waals surface area contributed by atoms with Crippen molar-refractivity contribution in [3.05, 3.63) is 90.9 Å². The van der Waals surface area contributed by atoms with Gasteiger partial charge in [-0.3, -0.25) is 0 Å². The van der Waals surface area contributed by atoms with E-state index < -0.39 is 42.0 Å². The molecule has 0 saturated heterocycles. The number of aryl methyl sites for hydroxylation is 1. The molecular weight excluding hydrogens is 562 g/mol. The smallest absolute Gasteiger partial charge is 0.402 e. The fourth-order valence-corrected chi connectivity index (χ4v) is 5.74. The third-order valence-corrected chi connectivity index (χ3v) is 7.40. The third-order valence-electron chi connectivity index (χ3n) is 7.40. The lowest BCUT2D eigenvalue weighted by Gasteiger charge is -2.18. The highest BCUT2D eigenvalue weighted by Gasteiger charge is 2.41. The Hall–Kier alpha value is -5.46. The molecule has 0 atom stereocenters. The number of nitrogens with zero attached hydrogens (tertiary/aromatic N) is 4. The van der Waals surface area contributed by atoms with Crippen LogP contribution in [0.5, 0.6) is 11.5 Å². The van der Waals surface area contributed by atoms with Gasteiger partial charge in [-0.05, 0) is 76.4 Å². The van der Waals surface area contributed by atoms with Crippen molar-refractivity contribution in [1.29, 1.82) is 10.5 Å². The van der Waals surface area contributed by atoms with E-state index in [1.54, 1.807) is 6.07 Å². The molecule has 0 spiro atoms. The summed E-state index contributed by atoms with van der Waals surface area (Å²) in [6, 6.07) is 8.99. The number of alkyl halides is 6. The minimum atomic E-state index is -5.41. The summed E-state index contributed by atoms with van der Waals surface area (Å²) in [6.45, 7) is 19.1. The van der Waals surface area contributed by atoms with Crippen molar-refractivity contribution in [3.8, 4) is 45.9 Å². The van der Waals surface area contributed by atoms with E-state index in [1.807, 2.05) is 32.1 Å². The van der Waals surface area contributed by atoms with Crippen LogP contribution in [0.2, 0.25) is 0 Å². The summed E-state index contributed by atoms with van der Waals surface area (Å²) in [5, 5.41) is 20.0. The van der Waals surface area contributed by atoms with Crippen LogP contribution < -0.4 is 19.9 Å². The van der Waals surface area contributed by atoms with Crippen LogP contribution in [-0.2, 0) is 12.8 Å². The van der Waals surface area contributed by atoms with Gasteiger partial charge in [0, 0.05) is 22.4 Å². The first kappa shape index (κ1) is 28.1. The van der Waals surface area contributed by atoms with Crippen LogP contribution in [0.25, 0.3) is 43.3 Å². The van der Waals surface area contributed by atoms with Crippen LogP contribution >= 0.6 is 0 Å². The van der Waals surface area contributed by atoms with Gasteiger partial charge in [-0.2, -0.15) is 0 Å². The highest BCUT2D eigenvalue weighted by Crippen LogP contribution is 2.48. The van der Waals surface area contributed by atoms with E-state index in [9.17, 15) is 36.9 Å². The van der Waals surface area contributed by atoms with Crippen molar-refractivity contribution < 1.29 is 35.8 Å². The van der Waals surface area contributed by atoms with Gasteiger partial charge < -0.3 is 9.47 Å². The molecule has 5 rings (SSSR count). The third kappa shape index (κ3) is 4.35. The topological polar surface area (TPSA) is 74.8 Å². The first-order valence-corrected chi connectivity index (χ1v) is 12.0. The summed E-state index contributed by atoms with van der Waals surface area (Å²) in [7, 11) is 0. The van der Waals surface area contributed by atoms with Crippen LogP contribution in [0, 0.1) is 49.7 Å². The second-order valence-electron chi connectivity index (χ2n) is 9.50. The molecular formula is C30H14F6N4O2. The summed E-state index contributed by atoms with van der Waals surface area (Å²) in [5.74, 6) is -2.50. The minimum absolute atomic E-state index is 0.0413. The van der Waals surface area contributed by atoms with Crippen molar-refractivity contribution in [3.63, 3.8) is 0 Å². The number of ether oxygens (including phenoxy) is 2. The van der Waals surface area contributed by atoms with Gasteiger partial charge in [-0.15, -0.1) is 26.3 Å². The molecule has 0 fully saturated rings. The van der Waals surface area contributed by atoms with E-state index in [4.69, 9.17) is 13.1 Å². The second-order valence-corrected chi connectivity index (χ2v) is 9.50. The summed E-state index contributed by atoms with van der Waals surface area (Å²) in [4.78, 5) is 6.72. The van der Waals surface area contributed by atoms with Gasteiger partial charge in [0.1, 0.15) is 0 Å². The summed E-state index contributed by atoms with van der Waals surface area (Å²) in [5.41, 5.74) is 3.07. The zero-order valence-corrected chi connectivity index (χ0v) is 21.6. The Morgan fingerprint density at radius 1 is 0.738 bits per heavy atom. The predicted octanol–water partition coefficient (Wildman–Crippen LogP) is 6.35. The maximum absolute atomic E-state index is 13.5. The molecule has 0 N–H and O–H groups in total. The van der Waals surface area contributed by atoms with Gasteiger partial charge in [0.25, 0.3) is 11.4 Å². The second kappa shape index (κ2) is 9.58. The maximum atomic E-state index is 13.5. The number of hydrogen-bond acceptors (Lipinski definition) is 4. The minimum Gasteiger partial charge on any atom is -0.402 e. The van der Waals surface area contributed by atoms with Crippen molar-refractivity contribution in [2.75, 3.05) is 0 Å². The van der Waals surface area contributed by atoms with Crippen LogP contribution in [0.1, 0.15) is 33.4 Å². The fraction of sp³-hybridized carbons (Fsp3) is 0.200. The van der Waals surface area contributed by atoms with Crippen molar-refractivity contribution in [1.82, 2.24) is 0 Å². The number of hydrogen-bond donors (Lipinski definition) is 0. The molecule has 3 aromatic carbocycles. The van der Waals surface area contributed by atoms with E-state index in [1.165, 1.54) is 0 Å². The highest BCUT2D eigenvalue weighted by molar-refractivity contribution is 5.93. The van der Waals surface area contributed by atoms with Gasteiger partial charge in [0.2, 0.25) is 0 Å². The molecule has 0 aliphatic heterocycles. The maximum Gasteiger partial charge on any atom is 0.573 e. The van der Waals surface area contributed by atoms with Gasteiger partial charge in [0.05, 0.1) is 25.3 Å². The Morgan fingerprint density at radius 2 is 1.21 bits per heavy atom. The first-order chi connectivity index (χ1) is 19.7. The number of fused-ring (bicyclic) bond motifs is 6. The van der Waals surface area contributed by atoms with Gasteiger partial charge in [-0.25, -0.2) is 20.2 Å². The molecule has 12 heteroatoms. The molecule has 0 aromatic heterocycles. The molecule has 0 amide bonds. The highest BCUT2D eigenvalue weighted by atomic mass is 19.4. The average Bonchev–Trinajstić information content (AvgIpc) is 3.48. The van der Waals surface area contributed by atoms with E-state index in [0.717, 1.165) is 22.8 Å². The van der Waals surface area contributed by atoms with E-state index in [-0.39, 0.29) is 39.1 Å². The number of benzene rings is 3. The zero-order valence-electron chi connectivity index (χ0n) is 21.6. The average molecular weight is 576 g/mol. The zero-order chi connectivity index (χ0) is 30.7. The van der Waals surface area contributed by atoms with E-state index in [2.05, 4.69) is 19.2 Å². The molecule has 0 radical (unpaired) electrons. The normalized spacial score (nSPS) is 14.2. The van der Waals surface area contributed by atoms with Crippen molar-refractivity contribution >= 4 is 11.4 Å². The Balaban J connectivity index is 2.02. The van der Waals surface area contributed by atoms with Crippen LogP contribution in [-0.4, -0.2) is 12.7 Å². The largest absolute Gasteiger partial charge is 0.573 e. The Bertz CT molecular complexity index is 2000. The van der Waals surface area contributed by atoms with Gasteiger partial charge >= 0.3 is 12.7 Å². The number of halogens is 6. The van der Waals surface area contributed by atoms with Gasteiger partial charge in [0.15, 0.2) is 11.5 Å². The van der Waals surface area contributed by atoms with Crippen molar-refractivity contribution in [2.45, 2.75) is 39.4 Å². The van der Waals surface area contributed by atoms with Gasteiger partial charge in [-0.1, -0.05) is 18.2 Å². The standard InChI is InChI=1S/C30H14F6N4O2/c1-13-5-6-15-17(14(13)2)9-19-24(15)27(22(12-38)40-4)20-10-18-16(25(20)26(19)21(11-37)39-3)7-8-23(41-29(31,32)33)28(18)42-30(34,35)36/h5-8H,9-10H2,1-2H3/b26-21+,27-22-. The molecule has 6 nitrogen and oxygen atoms in total. The summed E-state index contributed by atoms with van der Waals surface area (Å²) in [6.07, 6.45) is -11.1. The Kier molecular flexibility index (Phi) is 6.40. The first-order valence-electron chi connectivity index (χ1n) is 12.0. The molecule has 0 unspecified atom stereocenters. The lowest BCUT2D eigenvalue weighted by atomic mass is 9.90. The molecule has 0 heterocycles. The lowest BCUT2D eigenvalue weighted by molar-refractivity contribution is -0.287. The molecule has 3 aromatic rings. The summed E-state index contributed by atoms with van der Waals surface area (Å²) < 4.78 is 87.8. The number of rotatable bonds is 2. The number of nitriles is 2. The molecule has 0 bridgehead atoms. The molecule has 208 valence electrons. The monoisotopic (exact) mass is 576 g/mol. The van der Waals surface area contributed by atoms with Crippen LogP contribution in [0.15, 0.2) is 24.3 Å². The molecule has 2 aliphatic carbocycles. The summed E-state index contributed by atoms with van der Waals surface area (Å²) >= 11 is 0. The van der Waals surface area contributed by atoms with Crippen molar-refractivity contribution in [2.24, 2.45) is 0 Å². The van der Waals surface area contributed by atoms with Crippen LogP contribution in [0.4, 0.5) is 26.3 Å². The SMILES string of the molecule is [C-]#[N+]/C(C#N)=c1/c2c(/c(=C(\C#N)[N+]#[C-])c3c1-c1ccc(C)c(C)c1C3)-c1ccc(OC(F)(F)F)c(OC(F)(F)F)c1C2. The van der Waals surface area contributed by atoms with E-state index in [0.29, 0.717) is 22.8 Å². The molecule has 0 saturated carbocycles. The Morgan fingerprint density at radius 3 is 1.69 bits per heavy atom. The van der Waals surface area contributed by atoms with E-state index >= 15 is 0 Å². The Labute approximate surface area is 234 Å². The molecule has 2 aliphatic rings. The quantitative estimate of drug-likeness (QED) is 0.182. The lowest BCUT2D eigenvalue weighted by Crippen LogP contribution is -2.25. The molecule has 42 heavy (non-hydrogen) atoms. The predicted molar refractivity (Wildman–Crippen MR) is 136 cm³/mol. The fourth-order valence-electron chi connectivity index (χ4n) is 5.74. The van der Waals surface area contributed by atoms with Crippen LogP contribution in [0.3, 0.4) is 0 Å².